The number of benzene rings is 1. The second kappa shape index (κ2) is 7.91. The molecular formula is C18H14N4O5. The molecule has 0 unspecified atom stereocenters. The van der Waals surface area contributed by atoms with E-state index in [1.54, 1.807) is 12.1 Å². The van der Waals surface area contributed by atoms with Crippen molar-refractivity contribution in [1.82, 2.24) is 15.3 Å². The summed E-state index contributed by atoms with van der Waals surface area (Å²) in [6.45, 7) is 0.259. The quantitative estimate of drug-likeness (QED) is 0.607. The molecule has 27 heavy (non-hydrogen) atoms. The predicted octanol–water partition coefficient (Wildman–Crippen LogP) is 1.95. The van der Waals surface area contributed by atoms with Gasteiger partial charge in [-0.3, -0.25) is 9.59 Å². The number of hydrogen-bond acceptors (Lipinski definition) is 6. The van der Waals surface area contributed by atoms with Crippen LogP contribution in [0.3, 0.4) is 0 Å². The maximum Gasteiger partial charge on any atom is 0.356 e. The fourth-order valence-electron chi connectivity index (χ4n) is 2.24. The highest BCUT2D eigenvalue weighted by Gasteiger charge is 2.19. The maximum atomic E-state index is 12.2. The Kier molecular flexibility index (Phi) is 5.22. The Balaban J connectivity index is 1.64. The van der Waals surface area contributed by atoms with E-state index in [1.165, 1.54) is 42.9 Å². The molecule has 0 spiro atoms. The average molecular weight is 366 g/mol. The molecule has 3 aromatic rings. The lowest BCUT2D eigenvalue weighted by Gasteiger charge is -2.08. The van der Waals surface area contributed by atoms with Crippen molar-refractivity contribution in [3.8, 4) is 0 Å². The zero-order valence-corrected chi connectivity index (χ0v) is 13.9. The summed E-state index contributed by atoms with van der Waals surface area (Å²) in [7, 11) is 0. The standard InChI is InChI=1S/C18H14N4O5/c23-16(21-10-13-2-1-9-27-13)11-3-5-12(6-4-11)22-17(24)14-15(18(25)26)20-8-7-19-14/h1-9H,10H2,(H,21,23)(H,22,24)(H,25,26). The zero-order valence-electron chi connectivity index (χ0n) is 13.9. The van der Waals surface area contributed by atoms with E-state index in [-0.39, 0.29) is 18.1 Å². The van der Waals surface area contributed by atoms with Crippen LogP contribution in [0, 0.1) is 0 Å². The van der Waals surface area contributed by atoms with Crippen LogP contribution in [0.4, 0.5) is 5.69 Å². The van der Waals surface area contributed by atoms with E-state index in [0.29, 0.717) is 17.0 Å². The molecule has 9 heteroatoms. The Morgan fingerprint density at radius 1 is 0.963 bits per heavy atom. The number of carbonyl (C=O) groups is 3. The Hall–Kier alpha value is -4.01. The zero-order chi connectivity index (χ0) is 19.2. The number of nitrogens with zero attached hydrogens (tertiary/aromatic N) is 2. The van der Waals surface area contributed by atoms with E-state index in [4.69, 9.17) is 9.52 Å². The van der Waals surface area contributed by atoms with Gasteiger partial charge in [0, 0.05) is 23.6 Å². The first-order valence-corrected chi connectivity index (χ1v) is 7.81. The van der Waals surface area contributed by atoms with Crippen molar-refractivity contribution in [2.75, 3.05) is 5.32 Å². The van der Waals surface area contributed by atoms with Gasteiger partial charge in [0.15, 0.2) is 11.4 Å². The third-order valence-electron chi connectivity index (χ3n) is 3.52. The number of hydrogen-bond donors (Lipinski definition) is 3. The van der Waals surface area contributed by atoms with Crippen LogP contribution in [-0.4, -0.2) is 32.9 Å². The van der Waals surface area contributed by atoms with Gasteiger partial charge in [0.25, 0.3) is 11.8 Å². The van der Waals surface area contributed by atoms with Gasteiger partial charge in [0.2, 0.25) is 0 Å². The fourth-order valence-corrected chi connectivity index (χ4v) is 2.24. The summed E-state index contributed by atoms with van der Waals surface area (Å²) >= 11 is 0. The van der Waals surface area contributed by atoms with E-state index < -0.39 is 17.6 Å². The lowest BCUT2D eigenvalue weighted by Crippen LogP contribution is -2.22. The Labute approximate surface area is 153 Å². The second-order valence-corrected chi connectivity index (χ2v) is 5.35. The molecule has 0 aliphatic rings. The first-order chi connectivity index (χ1) is 13.0. The van der Waals surface area contributed by atoms with Crippen LogP contribution in [0.15, 0.2) is 59.5 Å². The lowest BCUT2D eigenvalue weighted by molar-refractivity contribution is 0.0684. The molecular weight excluding hydrogens is 352 g/mol. The highest BCUT2D eigenvalue weighted by Crippen LogP contribution is 2.12. The van der Waals surface area contributed by atoms with Gasteiger partial charge in [-0.05, 0) is 36.4 Å². The molecule has 136 valence electrons. The number of carbonyl (C=O) groups excluding carboxylic acids is 2. The minimum Gasteiger partial charge on any atom is -0.476 e. The smallest absolute Gasteiger partial charge is 0.356 e. The summed E-state index contributed by atoms with van der Waals surface area (Å²) < 4.78 is 5.14. The number of aromatic nitrogens is 2. The first-order valence-electron chi connectivity index (χ1n) is 7.81. The molecule has 0 atom stereocenters. The third kappa shape index (κ3) is 4.34. The molecule has 2 amide bonds. The van der Waals surface area contributed by atoms with Crippen molar-refractivity contribution in [1.29, 1.82) is 0 Å². The molecule has 3 N–H and O–H groups in total. The molecule has 1 aromatic carbocycles. The second-order valence-electron chi connectivity index (χ2n) is 5.35. The van der Waals surface area contributed by atoms with E-state index in [2.05, 4.69) is 20.6 Å². The Bertz CT molecular complexity index is 968. The van der Waals surface area contributed by atoms with Gasteiger partial charge in [-0.2, -0.15) is 0 Å². The van der Waals surface area contributed by atoms with Crippen molar-refractivity contribution >= 4 is 23.5 Å². The van der Waals surface area contributed by atoms with E-state index in [0.717, 1.165) is 0 Å². The summed E-state index contributed by atoms with van der Waals surface area (Å²) in [4.78, 5) is 42.8. The summed E-state index contributed by atoms with van der Waals surface area (Å²) in [5, 5.41) is 14.3. The van der Waals surface area contributed by atoms with Gasteiger partial charge in [-0.25, -0.2) is 14.8 Å². The molecule has 3 rings (SSSR count). The molecule has 0 aliphatic carbocycles. The van der Waals surface area contributed by atoms with Gasteiger partial charge in [-0.1, -0.05) is 0 Å². The number of amides is 2. The maximum absolute atomic E-state index is 12.2. The molecule has 9 nitrogen and oxygen atoms in total. The minimum atomic E-state index is -1.35. The number of aromatic carboxylic acids is 1. The van der Waals surface area contributed by atoms with Crippen molar-refractivity contribution in [3.63, 3.8) is 0 Å². The van der Waals surface area contributed by atoms with Crippen molar-refractivity contribution in [2.45, 2.75) is 6.54 Å². The number of carboxylic acid groups (broad SMARTS) is 1. The van der Waals surface area contributed by atoms with Gasteiger partial charge < -0.3 is 20.2 Å². The molecule has 0 aliphatic heterocycles. The molecule has 0 saturated carbocycles. The van der Waals surface area contributed by atoms with Crippen LogP contribution in [0.5, 0.6) is 0 Å². The number of rotatable bonds is 6. The summed E-state index contributed by atoms with van der Waals surface area (Å²) in [5.41, 5.74) is 0.0315. The van der Waals surface area contributed by atoms with E-state index in [1.807, 2.05) is 0 Å². The van der Waals surface area contributed by atoms with Crippen LogP contribution < -0.4 is 10.6 Å². The molecule has 0 radical (unpaired) electrons. The number of furan rings is 1. The minimum absolute atomic E-state index is 0.259. The van der Waals surface area contributed by atoms with E-state index in [9.17, 15) is 14.4 Å². The topological polar surface area (TPSA) is 134 Å². The number of anilines is 1. The van der Waals surface area contributed by atoms with Crippen molar-refractivity contribution < 1.29 is 23.9 Å². The van der Waals surface area contributed by atoms with Crippen LogP contribution in [0.1, 0.15) is 37.1 Å². The van der Waals surface area contributed by atoms with Crippen molar-refractivity contribution in [3.05, 3.63) is 77.8 Å². The van der Waals surface area contributed by atoms with Crippen LogP contribution in [0.2, 0.25) is 0 Å². The molecule has 0 fully saturated rings. The van der Waals surface area contributed by atoms with Crippen LogP contribution in [-0.2, 0) is 6.54 Å². The Morgan fingerprint density at radius 3 is 2.30 bits per heavy atom. The molecule has 2 heterocycles. The summed E-state index contributed by atoms with van der Waals surface area (Å²) in [6.07, 6.45) is 3.94. The van der Waals surface area contributed by atoms with E-state index >= 15 is 0 Å². The monoisotopic (exact) mass is 366 g/mol. The van der Waals surface area contributed by atoms with Gasteiger partial charge >= 0.3 is 5.97 Å². The highest BCUT2D eigenvalue weighted by atomic mass is 16.4. The van der Waals surface area contributed by atoms with Crippen LogP contribution in [0.25, 0.3) is 0 Å². The van der Waals surface area contributed by atoms with Gasteiger partial charge in [0.1, 0.15) is 5.76 Å². The number of carboxylic acids is 1. The largest absolute Gasteiger partial charge is 0.476 e. The predicted molar refractivity (Wildman–Crippen MR) is 93.3 cm³/mol. The average Bonchev–Trinajstić information content (AvgIpc) is 3.20. The number of nitrogens with one attached hydrogen (secondary N) is 2. The molecule has 2 aromatic heterocycles. The third-order valence-corrected chi connectivity index (χ3v) is 3.52. The molecule has 0 saturated heterocycles. The van der Waals surface area contributed by atoms with Gasteiger partial charge in [-0.15, -0.1) is 0 Å². The van der Waals surface area contributed by atoms with Crippen molar-refractivity contribution in [2.24, 2.45) is 0 Å². The SMILES string of the molecule is O=C(NCc1ccco1)c1ccc(NC(=O)c2nccnc2C(=O)O)cc1. The van der Waals surface area contributed by atoms with Gasteiger partial charge in [0.05, 0.1) is 12.8 Å². The molecule has 0 bridgehead atoms. The van der Waals surface area contributed by atoms with Crippen LogP contribution >= 0.6 is 0 Å². The first kappa shape index (κ1) is 17.8. The lowest BCUT2D eigenvalue weighted by atomic mass is 10.2. The fraction of sp³-hybridized carbons (Fsp3) is 0.0556. The normalized spacial score (nSPS) is 10.2. The highest BCUT2D eigenvalue weighted by molar-refractivity contribution is 6.08. The Morgan fingerprint density at radius 2 is 1.67 bits per heavy atom. The summed E-state index contributed by atoms with van der Waals surface area (Å²) in [5.74, 6) is -1.73. The summed E-state index contributed by atoms with van der Waals surface area (Å²) in [6, 6.07) is 9.58.